The van der Waals surface area contributed by atoms with Crippen molar-refractivity contribution in [3.05, 3.63) is 89.5 Å². The maximum atomic E-state index is 14.2. The van der Waals surface area contributed by atoms with E-state index in [0.717, 1.165) is 22.0 Å². The Bertz CT molecular complexity index is 1590. The van der Waals surface area contributed by atoms with E-state index in [4.69, 9.17) is 14.2 Å². The van der Waals surface area contributed by atoms with Gasteiger partial charge in [-0.15, -0.1) is 0 Å². The summed E-state index contributed by atoms with van der Waals surface area (Å²) in [5.41, 5.74) is 0.605. The smallest absolute Gasteiger partial charge is 0.407 e. The first kappa shape index (κ1) is 31.7. The number of benzene rings is 3. The molecule has 0 radical (unpaired) electrons. The first-order chi connectivity index (χ1) is 20.2. The number of alkyl carbamates (subject to hydrolysis) is 1. The SMILES string of the molecule is C[C@H](NC(=O)OCc1ccccc1)[C@@H]1Oc2ccc(CC(=O)OC(C)(C)C)cc2N(S(=O)(=O)c2ccc(F)c(F)c2)[C@@H]1C. The maximum absolute atomic E-state index is 14.2. The van der Waals surface area contributed by atoms with Crippen LogP contribution in [0.15, 0.2) is 71.6 Å². The van der Waals surface area contributed by atoms with Gasteiger partial charge in [0.1, 0.15) is 24.1 Å². The number of fused-ring (bicyclic) bond motifs is 1. The molecular weight excluding hydrogens is 582 g/mol. The molecule has 1 N–H and O–H groups in total. The molecule has 0 saturated heterocycles. The van der Waals surface area contributed by atoms with Gasteiger partial charge in [0.25, 0.3) is 10.0 Å². The molecule has 0 spiro atoms. The Morgan fingerprint density at radius 3 is 2.35 bits per heavy atom. The monoisotopic (exact) mass is 616 g/mol. The topological polar surface area (TPSA) is 111 Å². The third kappa shape index (κ3) is 7.61. The van der Waals surface area contributed by atoms with Gasteiger partial charge in [-0.25, -0.2) is 22.0 Å². The summed E-state index contributed by atoms with van der Waals surface area (Å²) in [6, 6.07) is 14.3. The van der Waals surface area contributed by atoms with E-state index < -0.39 is 62.4 Å². The van der Waals surface area contributed by atoms with Crippen LogP contribution in [0.4, 0.5) is 19.3 Å². The molecule has 0 unspecified atom stereocenters. The van der Waals surface area contributed by atoms with E-state index in [9.17, 15) is 26.8 Å². The largest absolute Gasteiger partial charge is 0.484 e. The molecule has 3 aromatic rings. The third-order valence-corrected chi connectivity index (χ3v) is 8.53. The molecule has 9 nitrogen and oxygen atoms in total. The van der Waals surface area contributed by atoms with Gasteiger partial charge >= 0.3 is 12.1 Å². The summed E-state index contributed by atoms with van der Waals surface area (Å²) in [6.07, 6.45) is -1.80. The van der Waals surface area contributed by atoms with E-state index in [2.05, 4.69) is 5.32 Å². The van der Waals surface area contributed by atoms with Crippen molar-refractivity contribution in [3.63, 3.8) is 0 Å². The molecule has 3 atom stereocenters. The van der Waals surface area contributed by atoms with Crippen molar-refractivity contribution in [1.82, 2.24) is 5.32 Å². The molecular formula is C31H34F2N2O7S. The van der Waals surface area contributed by atoms with E-state index in [0.29, 0.717) is 11.6 Å². The predicted molar refractivity (Wildman–Crippen MR) is 155 cm³/mol. The van der Waals surface area contributed by atoms with Crippen molar-refractivity contribution < 1.29 is 41.0 Å². The number of ether oxygens (including phenoxy) is 3. The zero-order valence-corrected chi connectivity index (χ0v) is 25.3. The summed E-state index contributed by atoms with van der Waals surface area (Å²) < 4.78 is 73.7. The fraction of sp³-hybridized carbons (Fsp3) is 0.355. The van der Waals surface area contributed by atoms with Crippen molar-refractivity contribution in [1.29, 1.82) is 0 Å². The van der Waals surface area contributed by atoms with Gasteiger partial charge in [0.15, 0.2) is 11.6 Å². The van der Waals surface area contributed by atoms with Gasteiger partial charge < -0.3 is 19.5 Å². The van der Waals surface area contributed by atoms with Gasteiger partial charge in [0.05, 0.1) is 29.1 Å². The highest BCUT2D eigenvalue weighted by Crippen LogP contribution is 2.41. The lowest BCUT2D eigenvalue weighted by atomic mass is 10.0. The van der Waals surface area contributed by atoms with Crippen LogP contribution in [0, 0.1) is 11.6 Å². The summed E-state index contributed by atoms with van der Waals surface area (Å²) in [5.74, 6) is -2.89. The molecule has 12 heteroatoms. The first-order valence-electron chi connectivity index (χ1n) is 13.6. The average Bonchev–Trinajstić information content (AvgIpc) is 2.92. The van der Waals surface area contributed by atoms with E-state index in [1.807, 2.05) is 18.2 Å². The van der Waals surface area contributed by atoms with Gasteiger partial charge in [-0.3, -0.25) is 9.10 Å². The number of esters is 1. The van der Waals surface area contributed by atoms with Gasteiger partial charge in [-0.1, -0.05) is 36.4 Å². The molecule has 4 rings (SSSR count). The van der Waals surface area contributed by atoms with Crippen LogP contribution in [0.2, 0.25) is 0 Å². The second-order valence-electron chi connectivity index (χ2n) is 11.3. The minimum absolute atomic E-state index is 0.0281. The zero-order valence-electron chi connectivity index (χ0n) is 24.5. The van der Waals surface area contributed by atoms with Gasteiger partial charge in [0, 0.05) is 0 Å². The predicted octanol–water partition coefficient (Wildman–Crippen LogP) is 5.51. The summed E-state index contributed by atoms with van der Waals surface area (Å²) >= 11 is 0. The second-order valence-corrected chi connectivity index (χ2v) is 13.1. The van der Waals surface area contributed by atoms with Crippen molar-refractivity contribution in [3.8, 4) is 5.75 Å². The lowest BCUT2D eigenvalue weighted by Gasteiger charge is -2.43. The highest BCUT2D eigenvalue weighted by Gasteiger charge is 2.43. The minimum Gasteiger partial charge on any atom is -0.484 e. The lowest BCUT2D eigenvalue weighted by Crippen LogP contribution is -2.58. The van der Waals surface area contributed by atoms with Crippen LogP contribution >= 0.6 is 0 Å². The lowest BCUT2D eigenvalue weighted by molar-refractivity contribution is -0.153. The molecule has 1 aliphatic heterocycles. The molecule has 0 aliphatic carbocycles. The molecule has 230 valence electrons. The molecule has 0 bridgehead atoms. The van der Waals surface area contributed by atoms with Crippen molar-refractivity contribution in [2.24, 2.45) is 0 Å². The summed E-state index contributed by atoms with van der Waals surface area (Å²) in [4.78, 5) is 24.6. The number of carbonyl (C=O) groups is 2. The van der Waals surface area contributed by atoms with Crippen LogP contribution in [0.1, 0.15) is 45.7 Å². The molecule has 3 aromatic carbocycles. The van der Waals surface area contributed by atoms with Crippen LogP contribution < -0.4 is 14.4 Å². The first-order valence-corrected chi connectivity index (χ1v) is 15.1. The highest BCUT2D eigenvalue weighted by molar-refractivity contribution is 7.92. The van der Waals surface area contributed by atoms with Crippen LogP contribution in [-0.2, 0) is 37.3 Å². The Hall–Kier alpha value is -4.19. The molecule has 0 fully saturated rings. The maximum Gasteiger partial charge on any atom is 0.407 e. The number of rotatable bonds is 8. The third-order valence-electron chi connectivity index (χ3n) is 6.64. The van der Waals surface area contributed by atoms with Crippen molar-refractivity contribution >= 4 is 27.8 Å². The molecule has 1 amide bonds. The number of sulfonamides is 1. The average molecular weight is 617 g/mol. The van der Waals surface area contributed by atoms with Gasteiger partial charge in [-0.05, 0) is 76.1 Å². The van der Waals surface area contributed by atoms with Crippen LogP contribution in [-0.4, -0.2) is 44.3 Å². The van der Waals surface area contributed by atoms with E-state index in [1.165, 1.54) is 12.1 Å². The second kappa shape index (κ2) is 12.6. The van der Waals surface area contributed by atoms with Crippen molar-refractivity contribution in [2.75, 3.05) is 4.31 Å². The highest BCUT2D eigenvalue weighted by atomic mass is 32.2. The number of halogens is 2. The van der Waals surface area contributed by atoms with Gasteiger partial charge in [0.2, 0.25) is 0 Å². The molecule has 0 aromatic heterocycles. The number of nitrogens with zero attached hydrogens (tertiary/aromatic N) is 1. The molecule has 0 saturated carbocycles. The summed E-state index contributed by atoms with van der Waals surface area (Å²) in [7, 11) is -4.49. The van der Waals surface area contributed by atoms with Crippen LogP contribution in [0.25, 0.3) is 0 Å². The van der Waals surface area contributed by atoms with Crippen LogP contribution in [0.5, 0.6) is 5.75 Å². The number of anilines is 1. The fourth-order valence-corrected chi connectivity index (χ4v) is 6.42. The Morgan fingerprint density at radius 2 is 1.70 bits per heavy atom. The molecule has 43 heavy (non-hydrogen) atoms. The number of hydrogen-bond acceptors (Lipinski definition) is 7. The van der Waals surface area contributed by atoms with Gasteiger partial charge in [-0.2, -0.15) is 0 Å². The van der Waals surface area contributed by atoms with E-state index in [1.54, 1.807) is 52.8 Å². The quantitative estimate of drug-likeness (QED) is 0.333. The molecule has 1 aliphatic rings. The standard InChI is InChI=1S/C31H34F2N2O7S/c1-19(34-30(37)40-18-21-9-7-6-8-10-21)29-20(2)35(43(38,39)23-12-13-24(32)25(33)17-23)26-15-22(11-14-27(26)41-29)16-28(36)42-31(3,4)5/h6-15,17,19-20,29H,16,18H2,1-5H3,(H,34,37)/t19-,20+,29-/m0/s1. The number of hydrogen-bond donors (Lipinski definition) is 1. The minimum atomic E-state index is -4.49. The zero-order chi connectivity index (χ0) is 31.5. The number of amides is 1. The van der Waals surface area contributed by atoms with Crippen molar-refractivity contribution in [2.45, 2.75) is 76.3 Å². The van der Waals surface area contributed by atoms with E-state index >= 15 is 0 Å². The fourth-order valence-electron chi connectivity index (χ4n) is 4.74. The van der Waals surface area contributed by atoms with Crippen LogP contribution in [0.3, 0.4) is 0 Å². The normalized spacial score (nSPS) is 17.3. The Morgan fingerprint density at radius 1 is 1.00 bits per heavy atom. The Balaban J connectivity index is 1.65. The summed E-state index contributed by atoms with van der Waals surface area (Å²) in [6.45, 7) is 8.43. The summed E-state index contributed by atoms with van der Waals surface area (Å²) in [5, 5.41) is 2.69. The Labute approximate surface area is 249 Å². The number of nitrogens with one attached hydrogen (secondary N) is 1. The number of carbonyl (C=O) groups excluding carboxylic acids is 2. The Kier molecular flexibility index (Phi) is 9.29. The molecule has 1 heterocycles. The van der Waals surface area contributed by atoms with E-state index in [-0.39, 0.29) is 24.5 Å².